The van der Waals surface area contributed by atoms with Crippen LogP contribution in [0.4, 0.5) is 9.59 Å². The van der Waals surface area contributed by atoms with Crippen molar-refractivity contribution in [2.24, 2.45) is 11.7 Å². The van der Waals surface area contributed by atoms with Crippen LogP contribution in [-0.4, -0.2) is 79.5 Å². The summed E-state index contributed by atoms with van der Waals surface area (Å²) in [5, 5.41) is 0. The summed E-state index contributed by atoms with van der Waals surface area (Å²) in [6.45, 7) is 7.53. The SMILES string of the molecule is COC1C(OC(=O)N2CC(OC(N)=O)C2)CCC2(CO2)C1[C@@]1(C)O[C@@H]1CC=C(C)C. The standard InChI is InChI=1S/C21H32N2O7/c1-12(2)5-6-15-20(3,30-15)17-16(26-4)14(7-8-21(17)11-27-21)29-19(25)23-9-13(10-23)28-18(22)24/h5,13-17H,6-11H2,1-4H3,(H2,22,24)/t14?,15-,16?,17?,20+,21?/m1/s1. The average molecular weight is 424 g/mol. The van der Waals surface area contributed by atoms with Gasteiger partial charge in [-0.15, -0.1) is 0 Å². The molecule has 4 fully saturated rings. The quantitative estimate of drug-likeness (QED) is 0.512. The number of carbonyl (C=O) groups is 2. The number of carbonyl (C=O) groups excluding carboxylic acids is 2. The third-order valence-electron chi connectivity index (χ3n) is 6.88. The highest BCUT2D eigenvalue weighted by Gasteiger charge is 2.72. The average Bonchev–Trinajstić information content (AvgIpc) is 3.55. The van der Waals surface area contributed by atoms with Crippen LogP contribution in [0.15, 0.2) is 11.6 Å². The van der Waals surface area contributed by atoms with Crippen LogP contribution in [0.1, 0.15) is 40.0 Å². The maximum absolute atomic E-state index is 12.6. The van der Waals surface area contributed by atoms with Crippen LogP contribution in [0.25, 0.3) is 0 Å². The molecule has 0 aromatic rings. The first-order valence-electron chi connectivity index (χ1n) is 10.6. The number of allylic oxidation sites excluding steroid dienone is 1. The molecule has 1 saturated carbocycles. The smallest absolute Gasteiger partial charge is 0.410 e. The third kappa shape index (κ3) is 3.90. The van der Waals surface area contributed by atoms with Gasteiger partial charge in [0.2, 0.25) is 0 Å². The minimum Gasteiger partial charge on any atom is -0.443 e. The maximum Gasteiger partial charge on any atom is 0.410 e. The van der Waals surface area contributed by atoms with Crippen LogP contribution >= 0.6 is 0 Å². The molecular weight excluding hydrogens is 392 g/mol. The van der Waals surface area contributed by atoms with E-state index in [1.165, 1.54) is 10.5 Å². The number of methoxy groups -OCH3 is 1. The van der Waals surface area contributed by atoms with Crippen molar-refractivity contribution in [1.29, 1.82) is 0 Å². The van der Waals surface area contributed by atoms with E-state index in [4.69, 9.17) is 29.4 Å². The van der Waals surface area contributed by atoms with Crippen LogP contribution in [0.2, 0.25) is 0 Å². The fourth-order valence-corrected chi connectivity index (χ4v) is 5.10. The van der Waals surface area contributed by atoms with Crippen LogP contribution in [-0.2, 0) is 23.7 Å². The molecule has 4 rings (SSSR count). The minimum absolute atomic E-state index is 0.0144. The van der Waals surface area contributed by atoms with Gasteiger partial charge in [-0.05, 0) is 40.0 Å². The van der Waals surface area contributed by atoms with E-state index in [1.54, 1.807) is 7.11 Å². The Labute approximate surface area is 176 Å². The Morgan fingerprint density at radius 3 is 2.53 bits per heavy atom. The highest BCUT2D eigenvalue weighted by atomic mass is 16.6. The number of primary amides is 1. The second-order valence-electron chi connectivity index (χ2n) is 9.26. The normalized spacial score (nSPS) is 39.8. The molecule has 168 valence electrons. The second kappa shape index (κ2) is 7.69. The number of likely N-dealkylation sites (tertiary alicyclic amines) is 1. The zero-order valence-corrected chi connectivity index (χ0v) is 18.1. The number of epoxide rings is 2. The Hall–Kier alpha value is -1.84. The molecule has 2 amide bonds. The Kier molecular flexibility index (Phi) is 5.48. The Bertz CT molecular complexity index is 727. The highest BCUT2D eigenvalue weighted by Crippen LogP contribution is 2.59. The molecule has 1 spiro atoms. The van der Waals surface area contributed by atoms with Gasteiger partial charge in [0, 0.05) is 7.11 Å². The first kappa shape index (κ1) is 21.4. The predicted octanol–water partition coefficient (Wildman–Crippen LogP) is 1.98. The summed E-state index contributed by atoms with van der Waals surface area (Å²) in [7, 11) is 1.65. The minimum atomic E-state index is -0.835. The van der Waals surface area contributed by atoms with E-state index >= 15 is 0 Å². The van der Waals surface area contributed by atoms with Gasteiger partial charge in [-0.1, -0.05) is 11.6 Å². The summed E-state index contributed by atoms with van der Waals surface area (Å²) < 4.78 is 28.7. The molecule has 0 bridgehead atoms. The van der Waals surface area contributed by atoms with E-state index in [1.807, 2.05) is 0 Å². The molecule has 0 aromatic heterocycles. The lowest BCUT2D eigenvalue weighted by atomic mass is 9.68. The van der Waals surface area contributed by atoms with Crippen molar-refractivity contribution in [1.82, 2.24) is 4.90 Å². The first-order valence-corrected chi connectivity index (χ1v) is 10.6. The second-order valence-corrected chi connectivity index (χ2v) is 9.26. The number of rotatable bonds is 6. The number of hydrogen-bond donors (Lipinski definition) is 1. The van der Waals surface area contributed by atoms with Gasteiger partial charge in [0.1, 0.15) is 29.5 Å². The Balaban J connectivity index is 1.40. The van der Waals surface area contributed by atoms with E-state index in [0.717, 1.165) is 12.8 Å². The number of nitrogens with two attached hydrogens (primary N) is 1. The molecule has 0 aromatic carbocycles. The van der Waals surface area contributed by atoms with Gasteiger partial charge >= 0.3 is 12.2 Å². The molecule has 3 saturated heterocycles. The van der Waals surface area contributed by atoms with Gasteiger partial charge in [-0.3, -0.25) is 0 Å². The molecule has 2 N–H and O–H groups in total. The van der Waals surface area contributed by atoms with E-state index in [0.29, 0.717) is 13.0 Å². The predicted molar refractivity (Wildman–Crippen MR) is 106 cm³/mol. The van der Waals surface area contributed by atoms with Crippen LogP contribution < -0.4 is 5.73 Å². The number of amides is 2. The molecule has 1 aliphatic carbocycles. The molecule has 6 atom stereocenters. The summed E-state index contributed by atoms with van der Waals surface area (Å²) >= 11 is 0. The van der Waals surface area contributed by atoms with Gasteiger partial charge in [0.15, 0.2) is 0 Å². The molecule has 4 aliphatic rings. The van der Waals surface area contributed by atoms with Crippen LogP contribution in [0.5, 0.6) is 0 Å². The van der Waals surface area contributed by atoms with Gasteiger partial charge in [-0.2, -0.15) is 0 Å². The number of ether oxygens (including phenoxy) is 5. The van der Waals surface area contributed by atoms with Crippen molar-refractivity contribution >= 4 is 12.2 Å². The highest BCUT2D eigenvalue weighted by molar-refractivity contribution is 5.70. The molecule has 0 radical (unpaired) electrons. The number of hydrogen-bond acceptors (Lipinski definition) is 7. The summed E-state index contributed by atoms with van der Waals surface area (Å²) in [5.74, 6) is -0.0144. The van der Waals surface area contributed by atoms with Crippen LogP contribution in [0, 0.1) is 5.92 Å². The number of nitrogens with zero attached hydrogens (tertiary/aromatic N) is 1. The van der Waals surface area contributed by atoms with Gasteiger partial charge in [0.25, 0.3) is 0 Å². The van der Waals surface area contributed by atoms with Gasteiger partial charge in [-0.25, -0.2) is 9.59 Å². The van der Waals surface area contributed by atoms with E-state index in [-0.39, 0.29) is 54.6 Å². The lowest BCUT2D eigenvalue weighted by Crippen LogP contribution is -2.59. The Morgan fingerprint density at radius 2 is 1.97 bits per heavy atom. The third-order valence-corrected chi connectivity index (χ3v) is 6.88. The van der Waals surface area contributed by atoms with Gasteiger partial charge in [0.05, 0.1) is 31.7 Å². The summed E-state index contributed by atoms with van der Waals surface area (Å²) in [4.78, 5) is 24.9. The molecule has 9 heteroatoms. The lowest BCUT2D eigenvalue weighted by Gasteiger charge is -2.44. The molecule has 3 aliphatic heterocycles. The zero-order valence-electron chi connectivity index (χ0n) is 18.1. The fraction of sp³-hybridized carbons (Fsp3) is 0.810. The molecule has 4 unspecified atom stereocenters. The van der Waals surface area contributed by atoms with E-state index in [9.17, 15) is 9.59 Å². The van der Waals surface area contributed by atoms with Gasteiger partial charge < -0.3 is 34.3 Å². The zero-order chi connectivity index (χ0) is 21.7. The largest absolute Gasteiger partial charge is 0.443 e. The van der Waals surface area contributed by atoms with Crippen LogP contribution in [0.3, 0.4) is 0 Å². The molecule has 9 nitrogen and oxygen atoms in total. The topological polar surface area (TPSA) is 116 Å². The summed E-state index contributed by atoms with van der Waals surface area (Å²) in [6.07, 6.45) is 2.28. The van der Waals surface area contributed by atoms with Crippen molar-refractivity contribution in [2.45, 2.75) is 75.7 Å². The fourth-order valence-electron chi connectivity index (χ4n) is 5.10. The molecule has 30 heavy (non-hydrogen) atoms. The van der Waals surface area contributed by atoms with E-state index in [2.05, 4.69) is 26.8 Å². The summed E-state index contributed by atoms with van der Waals surface area (Å²) in [6, 6.07) is 0. The maximum atomic E-state index is 12.6. The summed E-state index contributed by atoms with van der Waals surface area (Å²) in [5.41, 5.74) is 5.65. The first-order chi connectivity index (χ1) is 14.2. The molecule has 3 heterocycles. The monoisotopic (exact) mass is 424 g/mol. The van der Waals surface area contributed by atoms with Crippen molar-refractivity contribution < 1.29 is 33.3 Å². The van der Waals surface area contributed by atoms with Crippen molar-refractivity contribution in [3.8, 4) is 0 Å². The van der Waals surface area contributed by atoms with Crippen molar-refractivity contribution in [3.05, 3.63) is 11.6 Å². The Morgan fingerprint density at radius 1 is 1.27 bits per heavy atom. The van der Waals surface area contributed by atoms with Crippen molar-refractivity contribution in [2.75, 3.05) is 26.8 Å². The lowest BCUT2D eigenvalue weighted by molar-refractivity contribution is -0.126. The van der Waals surface area contributed by atoms with E-state index < -0.39 is 12.2 Å². The van der Waals surface area contributed by atoms with Crippen molar-refractivity contribution in [3.63, 3.8) is 0 Å². The molecular formula is C21H32N2O7.